The molecule has 1 aromatic heterocycles. The molecule has 2 aliphatic rings. The van der Waals surface area contributed by atoms with Crippen LogP contribution in [-0.2, 0) is 43.6 Å². The number of amides is 4. The van der Waals surface area contributed by atoms with E-state index in [2.05, 4.69) is 35.4 Å². The molecule has 3 heterocycles. The summed E-state index contributed by atoms with van der Waals surface area (Å²) in [6.45, 7) is 7.51. The Morgan fingerprint density at radius 3 is 2.25 bits per heavy atom. The van der Waals surface area contributed by atoms with E-state index < -0.39 is 40.9 Å². The number of carboxylic acids is 1. The van der Waals surface area contributed by atoms with Crippen LogP contribution in [0.4, 0.5) is 25.4 Å². The number of allylic oxidation sites excluding steroid dienone is 1. The van der Waals surface area contributed by atoms with Crippen LogP contribution in [0.15, 0.2) is 89.6 Å². The molecule has 2 atom stereocenters. The molecule has 0 saturated carbocycles. The largest absolute Gasteiger partial charge is 0.483 e. The number of anilines is 2. The monoisotopic (exact) mass is 943 g/mol. The number of benzene rings is 3. The summed E-state index contributed by atoms with van der Waals surface area (Å²) in [5.74, 6) is -2.68. The average molecular weight is 944 g/mol. The van der Waals surface area contributed by atoms with E-state index in [1.165, 1.54) is 11.1 Å². The SMILES string of the molecule is CCn1cc(C(=O)O)c(=O)c2cc(F)c(N3CCN(C(=O)OCc4ccc(NC(=O)[C@H](CCCNC(N)=O)N5C=C([C@@H](CC(=O)OCc6ccccc6)CC(C)C)NN5)cc4)CC3)cc21.O=CO. The van der Waals surface area contributed by atoms with Gasteiger partial charge in [0.15, 0.2) is 0 Å². The van der Waals surface area contributed by atoms with Crippen molar-refractivity contribution in [3.63, 3.8) is 0 Å². The van der Waals surface area contributed by atoms with Crippen LogP contribution in [0.5, 0.6) is 0 Å². The van der Waals surface area contributed by atoms with Gasteiger partial charge in [0.1, 0.15) is 30.6 Å². The molecule has 8 N–H and O–H groups in total. The molecule has 0 radical (unpaired) electrons. The topological polar surface area (TPSA) is 267 Å². The van der Waals surface area contributed by atoms with Crippen molar-refractivity contribution in [1.29, 1.82) is 0 Å². The van der Waals surface area contributed by atoms with Gasteiger partial charge in [-0.15, -0.1) is 5.53 Å². The van der Waals surface area contributed by atoms with Crippen LogP contribution in [0.1, 0.15) is 67.9 Å². The van der Waals surface area contributed by atoms with Gasteiger partial charge in [-0.25, -0.2) is 18.8 Å². The highest BCUT2D eigenvalue weighted by molar-refractivity contribution is 5.95. The minimum absolute atomic E-state index is 0.0203. The Labute approximate surface area is 391 Å². The van der Waals surface area contributed by atoms with Gasteiger partial charge in [-0.3, -0.25) is 24.2 Å². The number of nitrogens with zero attached hydrogens (tertiary/aromatic N) is 4. The summed E-state index contributed by atoms with van der Waals surface area (Å²) >= 11 is 0. The van der Waals surface area contributed by atoms with Crippen LogP contribution in [0, 0.1) is 17.7 Å². The van der Waals surface area contributed by atoms with Crippen LogP contribution in [0.2, 0.25) is 0 Å². The molecule has 21 heteroatoms. The van der Waals surface area contributed by atoms with Crippen molar-refractivity contribution in [3.8, 4) is 0 Å². The highest BCUT2D eigenvalue weighted by atomic mass is 19.1. The van der Waals surface area contributed by atoms with Crippen LogP contribution < -0.4 is 37.7 Å². The van der Waals surface area contributed by atoms with Gasteiger partial charge < -0.3 is 55.8 Å². The normalized spacial score (nSPS) is 14.2. The summed E-state index contributed by atoms with van der Waals surface area (Å²) in [6, 6.07) is 17.5. The van der Waals surface area contributed by atoms with Gasteiger partial charge in [0.05, 0.1) is 17.6 Å². The first kappa shape index (κ1) is 51.3. The number of aryl methyl sites for hydroxylation is 1. The molecule has 20 nitrogen and oxygen atoms in total. The summed E-state index contributed by atoms with van der Waals surface area (Å²) in [7, 11) is 0. The number of hydrogen-bond donors (Lipinski definition) is 7. The van der Waals surface area contributed by atoms with Crippen LogP contribution in [0.3, 0.4) is 0 Å². The van der Waals surface area contributed by atoms with E-state index >= 15 is 4.39 Å². The molecule has 1 fully saturated rings. The van der Waals surface area contributed by atoms with Gasteiger partial charge in [0.25, 0.3) is 6.47 Å². The van der Waals surface area contributed by atoms with Gasteiger partial charge >= 0.3 is 24.1 Å². The molecular weight excluding hydrogens is 886 g/mol. The van der Waals surface area contributed by atoms with Crippen LogP contribution in [0.25, 0.3) is 10.9 Å². The van der Waals surface area contributed by atoms with E-state index in [-0.39, 0.29) is 80.5 Å². The number of piperazine rings is 1. The van der Waals surface area contributed by atoms with Crippen molar-refractivity contribution >= 4 is 58.7 Å². The Kier molecular flexibility index (Phi) is 18.7. The van der Waals surface area contributed by atoms with Crippen LogP contribution >= 0.6 is 0 Å². The molecule has 4 aromatic rings. The van der Waals surface area contributed by atoms with Crippen molar-refractivity contribution in [2.24, 2.45) is 17.6 Å². The number of rotatable bonds is 19. The standard InChI is InChI=1S/C46H56FN9O9.CH2O2/c1-4-53-25-35(44(60)61)42(58)34-23-36(47)40(24-39(34)53)54-17-19-55(20-18-54)46(63)65-28-31-12-14-33(15-13-31)50-43(59)38(11-8-16-49-45(48)62)56-26-37(51-52-56)32(21-29(2)3)22-41(57)64-27-30-9-6-5-7-10-30;2-1-3/h5-7,9-10,12-15,23-26,29,32,38,51-52H,4,8,11,16-22,27-28H2,1-3H3,(H,50,59)(H,60,61)(H3,48,49,62);1H,(H,2,3)/t32-,38+;/m1./s1. The fourth-order valence-electron chi connectivity index (χ4n) is 7.84. The molecule has 0 aliphatic carbocycles. The smallest absolute Gasteiger partial charge is 0.410 e. The Hall–Kier alpha value is -7.68. The quantitative estimate of drug-likeness (QED) is 0.0380. The maximum atomic E-state index is 15.4. The number of nitrogens with two attached hydrogens (primary N) is 1. The highest BCUT2D eigenvalue weighted by Crippen LogP contribution is 2.28. The number of carbonyl (C=O) groups excluding carboxylic acids is 4. The minimum Gasteiger partial charge on any atom is -0.483 e. The number of aromatic carboxylic acids is 1. The lowest BCUT2D eigenvalue weighted by Gasteiger charge is -2.35. The number of fused-ring (bicyclic) bond motifs is 1. The lowest BCUT2D eigenvalue weighted by atomic mass is 9.91. The number of carboxylic acid groups (broad SMARTS) is 2. The predicted molar refractivity (Wildman–Crippen MR) is 249 cm³/mol. The van der Waals surface area contributed by atoms with E-state index in [0.29, 0.717) is 55.7 Å². The molecule has 4 amide bonds. The molecule has 1 saturated heterocycles. The summed E-state index contributed by atoms with van der Waals surface area (Å²) in [5.41, 5.74) is 13.7. The Morgan fingerprint density at radius 1 is 0.956 bits per heavy atom. The first-order valence-corrected chi connectivity index (χ1v) is 22.1. The third-order valence-corrected chi connectivity index (χ3v) is 11.2. The molecule has 3 aromatic carbocycles. The number of nitrogens with one attached hydrogen (secondary N) is 4. The van der Waals surface area contributed by atoms with Crippen molar-refractivity contribution in [3.05, 3.63) is 118 Å². The lowest BCUT2D eigenvalue weighted by molar-refractivity contribution is -0.146. The Balaban J connectivity index is 0.00000280. The average Bonchev–Trinajstić information content (AvgIpc) is 3.81. The zero-order valence-corrected chi connectivity index (χ0v) is 38.1. The Morgan fingerprint density at radius 2 is 1.62 bits per heavy atom. The number of carbonyl (C=O) groups is 6. The molecule has 68 heavy (non-hydrogen) atoms. The van der Waals surface area contributed by atoms with Gasteiger partial charge in [-0.2, -0.15) is 0 Å². The second kappa shape index (κ2) is 24.7. The molecule has 0 bridgehead atoms. The summed E-state index contributed by atoms with van der Waals surface area (Å²) in [4.78, 5) is 87.2. The summed E-state index contributed by atoms with van der Waals surface area (Å²) in [6.07, 6.45) is 4.08. The van der Waals surface area contributed by atoms with Crippen LogP contribution in [-0.4, -0.2) is 99.9 Å². The molecule has 364 valence electrons. The summed E-state index contributed by atoms with van der Waals surface area (Å²) < 4.78 is 28.2. The lowest BCUT2D eigenvalue weighted by Crippen LogP contribution is -2.49. The molecule has 0 spiro atoms. The van der Waals surface area contributed by atoms with Crippen molar-refractivity contribution < 1.29 is 52.8 Å². The number of esters is 1. The molecule has 2 aliphatic heterocycles. The first-order chi connectivity index (χ1) is 32.6. The number of aromatic nitrogens is 1. The fraction of sp³-hybridized carbons (Fsp3) is 0.383. The molecular formula is C47H58FN9O11. The number of ether oxygens (including phenoxy) is 2. The third kappa shape index (κ3) is 14.2. The summed E-state index contributed by atoms with van der Waals surface area (Å²) in [5, 5.41) is 23.5. The number of halogens is 1. The van der Waals surface area contributed by atoms with Gasteiger partial charge in [-0.05, 0) is 67.5 Å². The number of hydrazine groups is 2. The maximum absolute atomic E-state index is 15.4. The zero-order valence-electron chi connectivity index (χ0n) is 38.1. The first-order valence-electron chi connectivity index (χ1n) is 22.1. The van der Waals surface area contributed by atoms with Crippen molar-refractivity contribution in [2.75, 3.05) is 42.9 Å². The van der Waals surface area contributed by atoms with Crippen molar-refractivity contribution in [1.82, 2.24) is 30.8 Å². The van der Waals surface area contributed by atoms with E-state index in [4.69, 9.17) is 25.1 Å². The predicted octanol–water partition coefficient (Wildman–Crippen LogP) is 4.74. The minimum atomic E-state index is -1.38. The third-order valence-electron chi connectivity index (χ3n) is 11.2. The molecule has 0 unspecified atom stereocenters. The maximum Gasteiger partial charge on any atom is 0.410 e. The van der Waals surface area contributed by atoms with Gasteiger partial charge in [-0.1, -0.05) is 56.3 Å². The van der Waals surface area contributed by atoms with E-state index in [0.717, 1.165) is 17.3 Å². The van der Waals surface area contributed by atoms with E-state index in [1.807, 2.05) is 30.3 Å². The number of urea groups is 1. The number of hydrogen-bond acceptors (Lipinski definition) is 13. The number of primary amides is 1. The highest BCUT2D eigenvalue weighted by Gasteiger charge is 2.31. The van der Waals surface area contributed by atoms with E-state index in [1.54, 1.807) is 57.9 Å². The van der Waals surface area contributed by atoms with Crippen molar-refractivity contribution in [2.45, 2.75) is 72.3 Å². The Bertz CT molecular complexity index is 2500. The van der Waals surface area contributed by atoms with E-state index in [9.17, 15) is 33.9 Å². The number of pyridine rings is 1. The fourth-order valence-corrected chi connectivity index (χ4v) is 7.84. The zero-order chi connectivity index (χ0) is 49.3. The van der Waals surface area contributed by atoms with Gasteiger partial charge in [0.2, 0.25) is 11.3 Å². The second-order valence-corrected chi connectivity index (χ2v) is 16.5. The van der Waals surface area contributed by atoms with Gasteiger partial charge in [0, 0.05) is 74.4 Å². The molecule has 6 rings (SSSR count). The second-order valence-electron chi connectivity index (χ2n) is 16.5.